The average Bonchev–Trinajstić information content (AvgIpc) is 2.48. The van der Waals surface area contributed by atoms with Gasteiger partial charge in [-0.3, -0.25) is 4.79 Å². The van der Waals surface area contributed by atoms with Crippen molar-refractivity contribution < 1.29 is 13.2 Å². The SMILES string of the molecule is Cc1ccc(S(=O)(=O)N(CC(N)=O)c2ccc(Br)c(C)n2)cc1. The molecule has 0 radical (unpaired) electrons. The molecule has 8 heteroatoms. The quantitative estimate of drug-likeness (QED) is 0.835. The normalized spacial score (nSPS) is 11.3. The summed E-state index contributed by atoms with van der Waals surface area (Å²) in [4.78, 5) is 15.6. The number of rotatable bonds is 5. The van der Waals surface area contributed by atoms with Crippen molar-refractivity contribution in [2.45, 2.75) is 18.7 Å². The molecule has 0 saturated carbocycles. The molecular weight excluding hydrogens is 382 g/mol. The molecular formula is C15H16BrN3O3S. The van der Waals surface area contributed by atoms with Crippen molar-refractivity contribution in [3.8, 4) is 0 Å². The molecule has 0 saturated heterocycles. The third-order valence-corrected chi connectivity index (χ3v) is 5.77. The van der Waals surface area contributed by atoms with Gasteiger partial charge >= 0.3 is 0 Å². The van der Waals surface area contributed by atoms with Gasteiger partial charge in [-0.05, 0) is 54.0 Å². The summed E-state index contributed by atoms with van der Waals surface area (Å²) in [5.74, 6) is -0.617. The Labute approximate surface area is 143 Å². The summed E-state index contributed by atoms with van der Waals surface area (Å²) in [6, 6.07) is 9.56. The number of nitrogens with two attached hydrogens (primary N) is 1. The lowest BCUT2D eigenvalue weighted by molar-refractivity contribution is -0.116. The number of aryl methyl sites for hydroxylation is 2. The summed E-state index contributed by atoms with van der Waals surface area (Å²) in [7, 11) is -3.94. The van der Waals surface area contributed by atoms with Crippen LogP contribution in [0.3, 0.4) is 0 Å². The Balaban J connectivity index is 2.55. The molecule has 0 fully saturated rings. The monoisotopic (exact) mass is 397 g/mol. The first-order valence-electron chi connectivity index (χ1n) is 6.72. The third-order valence-electron chi connectivity index (χ3n) is 3.17. The number of hydrogen-bond donors (Lipinski definition) is 1. The molecule has 1 heterocycles. The Hall–Kier alpha value is -1.93. The molecule has 1 amide bonds. The van der Waals surface area contributed by atoms with E-state index in [9.17, 15) is 13.2 Å². The predicted molar refractivity (Wildman–Crippen MR) is 91.6 cm³/mol. The van der Waals surface area contributed by atoms with Gasteiger partial charge in [-0.15, -0.1) is 0 Å². The summed E-state index contributed by atoms with van der Waals surface area (Å²) in [5.41, 5.74) is 6.76. The van der Waals surface area contributed by atoms with Crippen molar-refractivity contribution in [1.29, 1.82) is 0 Å². The van der Waals surface area contributed by atoms with E-state index in [1.807, 2.05) is 6.92 Å². The van der Waals surface area contributed by atoms with Crippen LogP contribution in [0.1, 0.15) is 11.3 Å². The number of pyridine rings is 1. The van der Waals surface area contributed by atoms with E-state index in [2.05, 4.69) is 20.9 Å². The van der Waals surface area contributed by atoms with Crippen LogP contribution in [0.4, 0.5) is 5.82 Å². The number of carbonyl (C=O) groups excluding carboxylic acids is 1. The highest BCUT2D eigenvalue weighted by Gasteiger charge is 2.27. The minimum Gasteiger partial charge on any atom is -0.368 e. The first-order valence-corrected chi connectivity index (χ1v) is 8.96. The molecule has 0 aliphatic rings. The van der Waals surface area contributed by atoms with Crippen LogP contribution in [0.25, 0.3) is 0 Å². The number of nitrogens with zero attached hydrogens (tertiary/aromatic N) is 2. The number of primary amides is 1. The second kappa shape index (κ2) is 6.67. The van der Waals surface area contributed by atoms with Gasteiger partial charge in [0.2, 0.25) is 5.91 Å². The van der Waals surface area contributed by atoms with Gasteiger partial charge in [0.05, 0.1) is 10.6 Å². The lowest BCUT2D eigenvalue weighted by atomic mass is 10.2. The van der Waals surface area contributed by atoms with Crippen LogP contribution in [0, 0.1) is 13.8 Å². The maximum atomic E-state index is 12.8. The molecule has 0 spiro atoms. The Morgan fingerprint density at radius 1 is 1.17 bits per heavy atom. The minimum atomic E-state index is -3.94. The lowest BCUT2D eigenvalue weighted by Gasteiger charge is -2.22. The van der Waals surface area contributed by atoms with Crippen molar-refractivity contribution >= 4 is 37.7 Å². The second-order valence-electron chi connectivity index (χ2n) is 5.03. The van der Waals surface area contributed by atoms with E-state index >= 15 is 0 Å². The van der Waals surface area contributed by atoms with Crippen LogP contribution >= 0.6 is 15.9 Å². The van der Waals surface area contributed by atoms with Gasteiger partial charge in [-0.2, -0.15) is 0 Å². The number of anilines is 1. The topological polar surface area (TPSA) is 93.4 Å². The highest BCUT2D eigenvalue weighted by molar-refractivity contribution is 9.10. The van der Waals surface area contributed by atoms with E-state index in [4.69, 9.17) is 5.73 Å². The molecule has 0 aliphatic heterocycles. The average molecular weight is 398 g/mol. The first-order chi connectivity index (χ1) is 10.7. The van der Waals surface area contributed by atoms with Gasteiger partial charge < -0.3 is 5.73 Å². The molecule has 0 atom stereocenters. The molecule has 1 aromatic heterocycles. The second-order valence-corrected chi connectivity index (χ2v) is 7.74. The molecule has 0 bridgehead atoms. The Morgan fingerprint density at radius 2 is 1.78 bits per heavy atom. The van der Waals surface area contributed by atoms with E-state index < -0.39 is 22.5 Å². The summed E-state index contributed by atoms with van der Waals surface area (Å²) < 4.78 is 27.3. The van der Waals surface area contributed by atoms with Crippen LogP contribution in [-0.2, 0) is 14.8 Å². The van der Waals surface area contributed by atoms with E-state index in [1.54, 1.807) is 25.1 Å². The molecule has 122 valence electrons. The lowest BCUT2D eigenvalue weighted by Crippen LogP contribution is -2.39. The summed E-state index contributed by atoms with van der Waals surface area (Å²) >= 11 is 3.31. The van der Waals surface area contributed by atoms with E-state index in [0.717, 1.165) is 14.3 Å². The largest absolute Gasteiger partial charge is 0.368 e. The van der Waals surface area contributed by atoms with Gasteiger partial charge in [0.1, 0.15) is 12.4 Å². The molecule has 6 nitrogen and oxygen atoms in total. The van der Waals surface area contributed by atoms with Crippen LogP contribution < -0.4 is 10.0 Å². The zero-order valence-electron chi connectivity index (χ0n) is 12.7. The molecule has 23 heavy (non-hydrogen) atoms. The Morgan fingerprint density at radius 3 is 2.30 bits per heavy atom. The molecule has 1 aromatic carbocycles. The molecule has 0 aliphatic carbocycles. The van der Waals surface area contributed by atoms with Crippen LogP contribution in [0.2, 0.25) is 0 Å². The van der Waals surface area contributed by atoms with Gasteiger partial charge in [0.25, 0.3) is 10.0 Å². The zero-order chi connectivity index (χ0) is 17.2. The smallest absolute Gasteiger partial charge is 0.265 e. The van der Waals surface area contributed by atoms with Crippen LogP contribution in [-0.4, -0.2) is 25.9 Å². The number of hydrogen-bond acceptors (Lipinski definition) is 4. The highest BCUT2D eigenvalue weighted by Crippen LogP contribution is 2.24. The summed E-state index contributed by atoms with van der Waals surface area (Å²) in [6.07, 6.45) is 0. The van der Waals surface area contributed by atoms with Crippen molar-refractivity contribution in [3.63, 3.8) is 0 Å². The number of amides is 1. The maximum absolute atomic E-state index is 12.8. The van der Waals surface area contributed by atoms with Crippen molar-refractivity contribution in [2.24, 2.45) is 5.73 Å². The number of sulfonamides is 1. The fourth-order valence-electron chi connectivity index (χ4n) is 1.94. The van der Waals surface area contributed by atoms with E-state index in [0.29, 0.717) is 5.69 Å². The van der Waals surface area contributed by atoms with Crippen molar-refractivity contribution in [2.75, 3.05) is 10.8 Å². The fraction of sp³-hybridized carbons (Fsp3) is 0.200. The maximum Gasteiger partial charge on any atom is 0.265 e. The Bertz CT molecular complexity index is 836. The van der Waals surface area contributed by atoms with Crippen molar-refractivity contribution in [3.05, 3.63) is 52.1 Å². The summed E-state index contributed by atoms with van der Waals surface area (Å²) in [5, 5.41) is 0. The highest BCUT2D eigenvalue weighted by atomic mass is 79.9. The number of carbonyl (C=O) groups is 1. The van der Waals surface area contributed by atoms with E-state index in [-0.39, 0.29) is 10.7 Å². The fourth-order valence-corrected chi connectivity index (χ4v) is 3.54. The summed E-state index contributed by atoms with van der Waals surface area (Å²) in [6.45, 7) is 3.11. The van der Waals surface area contributed by atoms with Crippen LogP contribution in [0.5, 0.6) is 0 Å². The van der Waals surface area contributed by atoms with E-state index in [1.165, 1.54) is 18.2 Å². The first kappa shape index (κ1) is 17.4. The number of halogens is 1. The van der Waals surface area contributed by atoms with Gasteiger partial charge in [-0.25, -0.2) is 17.7 Å². The molecule has 2 N–H and O–H groups in total. The number of aromatic nitrogens is 1. The van der Waals surface area contributed by atoms with Gasteiger partial charge in [0.15, 0.2) is 0 Å². The Kier molecular flexibility index (Phi) is 5.06. The molecule has 2 aromatic rings. The molecule has 2 rings (SSSR count). The third kappa shape index (κ3) is 3.89. The van der Waals surface area contributed by atoms with Crippen molar-refractivity contribution in [1.82, 2.24) is 4.98 Å². The molecule has 0 unspecified atom stereocenters. The van der Waals surface area contributed by atoms with Crippen LogP contribution in [0.15, 0.2) is 45.8 Å². The standard InChI is InChI=1S/C15H16BrN3O3S/c1-10-3-5-12(6-4-10)23(21,22)19(9-14(17)20)15-8-7-13(16)11(2)18-15/h3-8H,9H2,1-2H3,(H2,17,20). The zero-order valence-corrected chi connectivity index (χ0v) is 15.1. The van der Waals surface area contributed by atoms with Gasteiger partial charge in [-0.1, -0.05) is 17.7 Å². The van der Waals surface area contributed by atoms with Gasteiger partial charge in [0, 0.05) is 4.47 Å². The minimum absolute atomic E-state index is 0.0757. The predicted octanol–water partition coefficient (Wildman–Crippen LogP) is 2.14. The number of benzene rings is 1.